The summed E-state index contributed by atoms with van der Waals surface area (Å²) in [6.45, 7) is 4.41. The normalized spacial score (nSPS) is 24.9. The molecule has 1 aromatic rings. The second-order valence-corrected chi connectivity index (χ2v) is 4.83. The first kappa shape index (κ1) is 11.3. The summed E-state index contributed by atoms with van der Waals surface area (Å²) >= 11 is 0. The predicted octanol–water partition coefficient (Wildman–Crippen LogP) is 2.31. The summed E-state index contributed by atoms with van der Waals surface area (Å²) in [5, 5.41) is 0. The van der Waals surface area contributed by atoms with Crippen molar-refractivity contribution in [3.05, 3.63) is 11.6 Å². The molecule has 4 nitrogen and oxygen atoms in total. The molecule has 1 saturated carbocycles. The molecule has 1 aliphatic carbocycles. The van der Waals surface area contributed by atoms with E-state index in [4.69, 9.17) is 5.73 Å². The Labute approximate surface area is 96.7 Å². The summed E-state index contributed by atoms with van der Waals surface area (Å²) in [7, 11) is 0. The van der Waals surface area contributed by atoms with Gasteiger partial charge < -0.3 is 5.73 Å². The maximum atomic E-state index is 5.73. The Hall–Kier alpha value is -1.19. The lowest BCUT2D eigenvalue weighted by Gasteiger charge is -2.09. The zero-order valence-electron chi connectivity index (χ0n) is 10.1. The number of anilines is 1. The highest BCUT2D eigenvalue weighted by atomic mass is 15.1. The van der Waals surface area contributed by atoms with Crippen molar-refractivity contribution in [2.45, 2.75) is 51.9 Å². The fraction of sp³-hybridized carbons (Fsp3) is 0.750. The Balaban J connectivity index is 2.20. The van der Waals surface area contributed by atoms with E-state index in [1.165, 1.54) is 19.3 Å². The lowest BCUT2D eigenvalue weighted by Crippen LogP contribution is -2.09. The van der Waals surface area contributed by atoms with Crippen LogP contribution in [0.15, 0.2) is 0 Å². The number of nitrogens with two attached hydrogens (primary N) is 1. The average molecular weight is 220 g/mol. The van der Waals surface area contributed by atoms with Crippen molar-refractivity contribution >= 4 is 5.95 Å². The third-order valence-corrected chi connectivity index (χ3v) is 3.25. The Morgan fingerprint density at radius 2 is 2.06 bits per heavy atom. The first-order chi connectivity index (χ1) is 7.69. The summed E-state index contributed by atoms with van der Waals surface area (Å²) in [6, 6.07) is 0. The Bertz CT molecular complexity index is 364. The first-order valence-corrected chi connectivity index (χ1v) is 6.19. The third kappa shape index (κ3) is 2.49. The van der Waals surface area contributed by atoms with E-state index in [-0.39, 0.29) is 0 Å². The number of hydrogen-bond donors (Lipinski definition) is 1. The first-order valence-electron chi connectivity index (χ1n) is 6.19. The molecule has 2 N–H and O–H groups in total. The molecule has 1 aromatic heterocycles. The van der Waals surface area contributed by atoms with Crippen LogP contribution in [-0.4, -0.2) is 15.0 Å². The molecule has 0 aromatic carbocycles. The molecule has 0 aliphatic heterocycles. The minimum absolute atomic E-state index is 0.382. The van der Waals surface area contributed by atoms with Gasteiger partial charge in [0.1, 0.15) is 11.6 Å². The molecule has 1 fully saturated rings. The number of nitrogens with zero attached hydrogens (tertiary/aromatic N) is 3. The largest absolute Gasteiger partial charge is 0.368 e. The van der Waals surface area contributed by atoms with Crippen LogP contribution in [0.4, 0.5) is 5.95 Å². The van der Waals surface area contributed by atoms with Gasteiger partial charge in [-0.2, -0.15) is 9.97 Å². The predicted molar refractivity (Wildman–Crippen MR) is 64.0 cm³/mol. The van der Waals surface area contributed by atoms with E-state index in [1.807, 2.05) is 0 Å². The maximum Gasteiger partial charge on any atom is 0.223 e. The molecule has 0 amide bonds. The van der Waals surface area contributed by atoms with E-state index in [2.05, 4.69) is 28.8 Å². The molecule has 1 aliphatic rings. The van der Waals surface area contributed by atoms with Crippen LogP contribution < -0.4 is 5.73 Å². The highest BCUT2D eigenvalue weighted by Crippen LogP contribution is 2.36. The van der Waals surface area contributed by atoms with Crippen LogP contribution in [0.5, 0.6) is 0 Å². The topological polar surface area (TPSA) is 64.7 Å². The molecule has 4 heteroatoms. The summed E-state index contributed by atoms with van der Waals surface area (Å²) in [5.74, 6) is 3.44. The number of aromatic nitrogens is 3. The number of aryl methyl sites for hydroxylation is 1. The van der Waals surface area contributed by atoms with Gasteiger partial charge in [-0.15, -0.1) is 0 Å². The SMILES string of the molecule is CCCc1nc(N)nc(C2CCC(C)C2)n1. The smallest absolute Gasteiger partial charge is 0.223 e. The molecule has 0 spiro atoms. The summed E-state index contributed by atoms with van der Waals surface area (Å²) in [6.07, 6.45) is 5.59. The lowest BCUT2D eigenvalue weighted by atomic mass is 10.1. The fourth-order valence-corrected chi connectivity index (χ4v) is 2.42. The van der Waals surface area contributed by atoms with Crippen molar-refractivity contribution < 1.29 is 0 Å². The zero-order valence-corrected chi connectivity index (χ0v) is 10.1. The van der Waals surface area contributed by atoms with Gasteiger partial charge in [0.15, 0.2) is 0 Å². The van der Waals surface area contributed by atoms with Crippen LogP contribution >= 0.6 is 0 Å². The Kier molecular flexibility index (Phi) is 3.36. The van der Waals surface area contributed by atoms with E-state index < -0.39 is 0 Å². The monoisotopic (exact) mass is 220 g/mol. The van der Waals surface area contributed by atoms with Crippen LogP contribution in [0.2, 0.25) is 0 Å². The molecule has 2 unspecified atom stereocenters. The van der Waals surface area contributed by atoms with Crippen molar-refractivity contribution in [1.82, 2.24) is 15.0 Å². The second-order valence-electron chi connectivity index (χ2n) is 4.83. The summed E-state index contributed by atoms with van der Waals surface area (Å²) in [5.41, 5.74) is 5.73. The van der Waals surface area contributed by atoms with Crippen LogP contribution in [0.25, 0.3) is 0 Å². The summed E-state index contributed by atoms with van der Waals surface area (Å²) in [4.78, 5) is 13.0. The highest BCUT2D eigenvalue weighted by molar-refractivity contribution is 5.18. The molecule has 1 heterocycles. The van der Waals surface area contributed by atoms with Gasteiger partial charge in [0.2, 0.25) is 5.95 Å². The van der Waals surface area contributed by atoms with Crippen molar-refractivity contribution in [1.29, 1.82) is 0 Å². The van der Waals surface area contributed by atoms with Gasteiger partial charge in [-0.1, -0.05) is 13.8 Å². The van der Waals surface area contributed by atoms with E-state index >= 15 is 0 Å². The molecule has 2 atom stereocenters. The number of rotatable bonds is 3. The molecule has 0 bridgehead atoms. The van der Waals surface area contributed by atoms with Crippen LogP contribution in [0, 0.1) is 5.92 Å². The van der Waals surface area contributed by atoms with Gasteiger partial charge in [-0.25, -0.2) is 4.98 Å². The van der Waals surface area contributed by atoms with E-state index in [9.17, 15) is 0 Å². The fourth-order valence-electron chi connectivity index (χ4n) is 2.42. The van der Waals surface area contributed by atoms with E-state index in [1.54, 1.807) is 0 Å². The van der Waals surface area contributed by atoms with Gasteiger partial charge in [-0.3, -0.25) is 0 Å². The molecule has 88 valence electrons. The summed E-state index contributed by atoms with van der Waals surface area (Å²) < 4.78 is 0. The minimum Gasteiger partial charge on any atom is -0.368 e. The van der Waals surface area contributed by atoms with Crippen LogP contribution in [-0.2, 0) is 6.42 Å². The standard InChI is InChI=1S/C12H20N4/c1-3-4-10-14-11(16-12(13)15-10)9-6-5-8(2)7-9/h8-9H,3-7H2,1-2H3,(H2,13,14,15,16). The molecule has 2 rings (SSSR count). The van der Waals surface area contributed by atoms with E-state index in [0.29, 0.717) is 11.9 Å². The quantitative estimate of drug-likeness (QED) is 0.849. The average Bonchev–Trinajstić information content (AvgIpc) is 2.64. The van der Waals surface area contributed by atoms with Crippen LogP contribution in [0.3, 0.4) is 0 Å². The minimum atomic E-state index is 0.382. The maximum absolute atomic E-state index is 5.73. The molecule has 16 heavy (non-hydrogen) atoms. The van der Waals surface area contributed by atoms with Crippen molar-refractivity contribution in [3.8, 4) is 0 Å². The van der Waals surface area contributed by atoms with Gasteiger partial charge in [0.25, 0.3) is 0 Å². The van der Waals surface area contributed by atoms with Crippen molar-refractivity contribution in [3.63, 3.8) is 0 Å². The second kappa shape index (κ2) is 4.76. The molecular weight excluding hydrogens is 200 g/mol. The van der Waals surface area contributed by atoms with E-state index in [0.717, 1.165) is 30.4 Å². The number of nitrogen functional groups attached to an aromatic ring is 1. The molecular formula is C12H20N4. The van der Waals surface area contributed by atoms with Gasteiger partial charge >= 0.3 is 0 Å². The molecule has 0 radical (unpaired) electrons. The van der Waals surface area contributed by atoms with Gasteiger partial charge in [-0.05, 0) is 31.6 Å². The van der Waals surface area contributed by atoms with Crippen molar-refractivity contribution in [2.75, 3.05) is 5.73 Å². The van der Waals surface area contributed by atoms with Crippen molar-refractivity contribution in [2.24, 2.45) is 5.92 Å². The zero-order chi connectivity index (χ0) is 11.5. The molecule has 0 saturated heterocycles. The highest BCUT2D eigenvalue weighted by Gasteiger charge is 2.25. The lowest BCUT2D eigenvalue weighted by molar-refractivity contribution is 0.581. The number of hydrogen-bond acceptors (Lipinski definition) is 4. The van der Waals surface area contributed by atoms with Gasteiger partial charge in [0.05, 0.1) is 0 Å². The Morgan fingerprint density at radius 3 is 2.69 bits per heavy atom. The van der Waals surface area contributed by atoms with Gasteiger partial charge in [0, 0.05) is 12.3 Å². The Morgan fingerprint density at radius 1 is 1.25 bits per heavy atom. The van der Waals surface area contributed by atoms with Crippen LogP contribution in [0.1, 0.15) is 57.1 Å². The third-order valence-electron chi connectivity index (χ3n) is 3.25.